The molecular weight excluding hydrogens is 418 g/mol. The summed E-state index contributed by atoms with van der Waals surface area (Å²) in [6.45, 7) is 5.86. The molecule has 0 unspecified atom stereocenters. The van der Waals surface area contributed by atoms with Crippen molar-refractivity contribution in [3.05, 3.63) is 77.3 Å². The SMILES string of the molecule is CCn1c2ccccc2c2cc(NC(=O)C3CCN(Cc4ccc(Cl)cc4)CC3)ccc21. The van der Waals surface area contributed by atoms with Gasteiger partial charge in [-0.25, -0.2) is 0 Å². The van der Waals surface area contributed by atoms with E-state index in [2.05, 4.69) is 70.2 Å². The number of para-hydroxylation sites is 1. The fraction of sp³-hybridized carbons (Fsp3) is 0.296. The molecule has 1 N–H and O–H groups in total. The molecule has 2 heterocycles. The van der Waals surface area contributed by atoms with E-state index in [-0.39, 0.29) is 11.8 Å². The van der Waals surface area contributed by atoms with Crippen LogP contribution in [0.1, 0.15) is 25.3 Å². The highest BCUT2D eigenvalue weighted by atomic mass is 35.5. The summed E-state index contributed by atoms with van der Waals surface area (Å²) in [6, 6.07) is 22.8. The Balaban J connectivity index is 1.25. The average Bonchev–Trinajstić information content (AvgIpc) is 3.14. The van der Waals surface area contributed by atoms with E-state index >= 15 is 0 Å². The predicted molar refractivity (Wildman–Crippen MR) is 133 cm³/mol. The normalized spacial score (nSPS) is 15.4. The number of nitrogens with one attached hydrogen (secondary N) is 1. The standard InChI is InChI=1S/C27H28ClN3O/c1-2-31-25-6-4-3-5-23(25)24-17-22(11-12-26(24)31)29-27(32)20-13-15-30(16-14-20)18-19-7-9-21(28)10-8-19/h3-12,17,20H,2,13-16,18H2,1H3,(H,29,32). The molecule has 164 valence electrons. The molecule has 0 spiro atoms. The van der Waals surface area contributed by atoms with Crippen LogP contribution >= 0.6 is 11.6 Å². The van der Waals surface area contributed by atoms with Crippen LogP contribution in [0.25, 0.3) is 21.8 Å². The summed E-state index contributed by atoms with van der Waals surface area (Å²) in [5, 5.41) is 6.38. The number of aryl methyl sites for hydroxylation is 1. The number of fused-ring (bicyclic) bond motifs is 3. The monoisotopic (exact) mass is 445 g/mol. The molecular formula is C27H28ClN3O. The maximum Gasteiger partial charge on any atom is 0.227 e. The predicted octanol–water partition coefficient (Wildman–Crippen LogP) is 6.32. The van der Waals surface area contributed by atoms with Crippen molar-refractivity contribution in [2.45, 2.75) is 32.9 Å². The number of amides is 1. The van der Waals surface area contributed by atoms with Crippen LogP contribution in [0.2, 0.25) is 5.02 Å². The molecule has 1 amide bonds. The van der Waals surface area contributed by atoms with Gasteiger partial charge in [-0.15, -0.1) is 0 Å². The lowest BCUT2D eigenvalue weighted by Crippen LogP contribution is -2.37. The molecule has 1 fully saturated rings. The lowest BCUT2D eigenvalue weighted by atomic mass is 9.95. The van der Waals surface area contributed by atoms with Gasteiger partial charge in [-0.2, -0.15) is 0 Å². The molecule has 3 aromatic carbocycles. The number of carbonyl (C=O) groups excluding carboxylic acids is 1. The van der Waals surface area contributed by atoms with Crippen molar-refractivity contribution in [1.29, 1.82) is 0 Å². The number of hydrogen-bond acceptors (Lipinski definition) is 2. The maximum atomic E-state index is 13.0. The first-order valence-corrected chi connectivity index (χ1v) is 11.8. The number of nitrogens with zero attached hydrogens (tertiary/aromatic N) is 2. The van der Waals surface area contributed by atoms with Crippen molar-refractivity contribution < 1.29 is 4.79 Å². The number of benzene rings is 3. The van der Waals surface area contributed by atoms with Gasteiger partial charge in [0.05, 0.1) is 0 Å². The lowest BCUT2D eigenvalue weighted by Gasteiger charge is -2.31. The Morgan fingerprint density at radius 1 is 0.969 bits per heavy atom. The van der Waals surface area contributed by atoms with Gasteiger partial charge in [-0.3, -0.25) is 9.69 Å². The summed E-state index contributed by atoms with van der Waals surface area (Å²) >= 11 is 5.99. The molecule has 5 rings (SSSR count). The number of halogens is 1. The minimum atomic E-state index is 0.0594. The van der Waals surface area contributed by atoms with Crippen LogP contribution in [0.4, 0.5) is 5.69 Å². The molecule has 1 aliphatic rings. The van der Waals surface area contributed by atoms with Crippen LogP contribution in [0.3, 0.4) is 0 Å². The molecule has 1 aliphatic heterocycles. The number of aromatic nitrogens is 1. The van der Waals surface area contributed by atoms with Crippen molar-refractivity contribution in [3.8, 4) is 0 Å². The van der Waals surface area contributed by atoms with Gasteiger partial charge in [-0.1, -0.05) is 41.9 Å². The molecule has 0 radical (unpaired) electrons. The highest BCUT2D eigenvalue weighted by Gasteiger charge is 2.25. The fourth-order valence-corrected chi connectivity index (χ4v) is 5.04. The third-order valence-electron chi connectivity index (χ3n) is 6.63. The van der Waals surface area contributed by atoms with Crippen LogP contribution in [0.15, 0.2) is 66.7 Å². The molecule has 4 aromatic rings. The molecule has 5 heteroatoms. The largest absolute Gasteiger partial charge is 0.341 e. The van der Waals surface area contributed by atoms with Gasteiger partial charge in [0.2, 0.25) is 5.91 Å². The van der Waals surface area contributed by atoms with Crippen molar-refractivity contribution in [2.75, 3.05) is 18.4 Å². The summed E-state index contributed by atoms with van der Waals surface area (Å²) in [6.07, 6.45) is 1.77. The van der Waals surface area contributed by atoms with Gasteiger partial charge in [0.15, 0.2) is 0 Å². The Kier molecular flexibility index (Phi) is 5.90. The molecule has 0 atom stereocenters. The number of likely N-dealkylation sites (tertiary alicyclic amines) is 1. The zero-order valence-electron chi connectivity index (χ0n) is 18.4. The highest BCUT2D eigenvalue weighted by molar-refractivity contribution is 6.30. The van der Waals surface area contributed by atoms with Crippen LogP contribution in [0, 0.1) is 5.92 Å². The highest BCUT2D eigenvalue weighted by Crippen LogP contribution is 2.31. The molecule has 1 saturated heterocycles. The minimum absolute atomic E-state index is 0.0594. The summed E-state index contributed by atoms with van der Waals surface area (Å²) < 4.78 is 2.33. The van der Waals surface area contributed by atoms with Gasteiger partial charge < -0.3 is 9.88 Å². The first-order chi connectivity index (χ1) is 15.6. The molecule has 4 nitrogen and oxygen atoms in total. The van der Waals surface area contributed by atoms with Crippen LogP contribution in [0.5, 0.6) is 0 Å². The zero-order chi connectivity index (χ0) is 22.1. The summed E-state index contributed by atoms with van der Waals surface area (Å²) in [5.74, 6) is 0.193. The Morgan fingerprint density at radius 3 is 2.44 bits per heavy atom. The van der Waals surface area contributed by atoms with E-state index in [9.17, 15) is 4.79 Å². The fourth-order valence-electron chi connectivity index (χ4n) is 4.92. The van der Waals surface area contributed by atoms with Gasteiger partial charge in [0.25, 0.3) is 0 Å². The Bertz CT molecular complexity index is 1250. The van der Waals surface area contributed by atoms with Crippen LogP contribution in [-0.4, -0.2) is 28.5 Å². The van der Waals surface area contributed by atoms with E-state index in [1.54, 1.807) is 0 Å². The Hall–Kier alpha value is -2.82. The summed E-state index contributed by atoms with van der Waals surface area (Å²) in [5.41, 5.74) is 4.59. The van der Waals surface area contributed by atoms with Gasteiger partial charge in [0.1, 0.15) is 0 Å². The van der Waals surface area contributed by atoms with Gasteiger partial charge in [-0.05, 0) is 74.8 Å². The van der Waals surface area contributed by atoms with Crippen molar-refractivity contribution in [2.24, 2.45) is 5.92 Å². The van der Waals surface area contributed by atoms with E-state index in [0.29, 0.717) is 0 Å². The quantitative estimate of drug-likeness (QED) is 0.390. The van der Waals surface area contributed by atoms with Crippen molar-refractivity contribution in [1.82, 2.24) is 9.47 Å². The average molecular weight is 446 g/mol. The second kappa shape index (κ2) is 8.97. The Morgan fingerprint density at radius 2 is 1.69 bits per heavy atom. The summed E-state index contributed by atoms with van der Waals surface area (Å²) in [4.78, 5) is 15.4. The molecule has 32 heavy (non-hydrogen) atoms. The van der Waals surface area contributed by atoms with Crippen molar-refractivity contribution >= 4 is 45.0 Å². The van der Waals surface area contributed by atoms with Crippen LogP contribution < -0.4 is 5.32 Å². The molecule has 0 aliphatic carbocycles. The molecule has 0 saturated carbocycles. The lowest BCUT2D eigenvalue weighted by molar-refractivity contribution is -0.121. The zero-order valence-corrected chi connectivity index (χ0v) is 19.1. The number of anilines is 1. The third kappa shape index (κ3) is 4.13. The second-order valence-corrected chi connectivity index (χ2v) is 9.10. The van der Waals surface area contributed by atoms with E-state index in [0.717, 1.165) is 49.7 Å². The first kappa shape index (κ1) is 21.0. The van der Waals surface area contributed by atoms with E-state index in [4.69, 9.17) is 11.6 Å². The van der Waals surface area contributed by atoms with Gasteiger partial charge in [0, 0.05) is 51.5 Å². The topological polar surface area (TPSA) is 37.3 Å². The van der Waals surface area contributed by atoms with Crippen molar-refractivity contribution in [3.63, 3.8) is 0 Å². The number of carbonyl (C=O) groups is 1. The molecule has 1 aromatic heterocycles. The smallest absolute Gasteiger partial charge is 0.227 e. The second-order valence-electron chi connectivity index (χ2n) is 8.66. The number of piperidine rings is 1. The number of hydrogen-bond donors (Lipinski definition) is 1. The van der Waals surface area contributed by atoms with E-state index in [1.807, 2.05) is 18.2 Å². The Labute approximate surface area is 193 Å². The number of rotatable bonds is 5. The molecule has 0 bridgehead atoms. The van der Waals surface area contributed by atoms with Gasteiger partial charge >= 0.3 is 0 Å². The summed E-state index contributed by atoms with van der Waals surface area (Å²) in [7, 11) is 0. The maximum absolute atomic E-state index is 13.0. The van der Waals surface area contributed by atoms with Crippen LogP contribution in [-0.2, 0) is 17.9 Å². The minimum Gasteiger partial charge on any atom is -0.341 e. The van der Waals surface area contributed by atoms with E-state index in [1.165, 1.54) is 27.4 Å². The van der Waals surface area contributed by atoms with E-state index < -0.39 is 0 Å². The third-order valence-corrected chi connectivity index (χ3v) is 6.89. The first-order valence-electron chi connectivity index (χ1n) is 11.4.